The summed E-state index contributed by atoms with van der Waals surface area (Å²) in [7, 11) is 0. The van der Waals surface area contributed by atoms with Gasteiger partial charge in [0, 0.05) is 0 Å². The molecule has 0 bridgehead atoms. The number of rotatable bonds is 1. The molecule has 0 saturated carbocycles. The summed E-state index contributed by atoms with van der Waals surface area (Å²) < 4.78 is 0. The molecule has 0 rings (SSSR count). The predicted octanol–water partition coefficient (Wildman–Crippen LogP) is -0.637. The lowest BCUT2D eigenvalue weighted by Crippen LogP contribution is -2.07. The van der Waals surface area contributed by atoms with E-state index in [9.17, 15) is 0 Å². The van der Waals surface area contributed by atoms with Crippen molar-refractivity contribution in [2.45, 2.75) is 13.0 Å². The Balaban J connectivity index is 3.29. The Morgan fingerprint density at radius 1 is 1.71 bits per heavy atom. The summed E-state index contributed by atoms with van der Waals surface area (Å²) in [6, 6.07) is 0. The fraction of sp³-hybridized carbons (Fsp3) is 0.600. The standard InChI is InChI=1S/C5H8O2/c1-2-3-5(7)4-6/h5-7H,4H2,1H3. The summed E-state index contributed by atoms with van der Waals surface area (Å²) in [6.07, 6.45) is -0.856. The number of aliphatic hydroxyl groups is 2. The highest BCUT2D eigenvalue weighted by Crippen LogP contribution is 1.72. The topological polar surface area (TPSA) is 40.5 Å². The van der Waals surface area contributed by atoms with Crippen molar-refractivity contribution >= 4 is 0 Å². The van der Waals surface area contributed by atoms with Crippen molar-refractivity contribution < 1.29 is 10.2 Å². The molecular formula is C5H8O2. The minimum absolute atomic E-state index is 0.277. The highest BCUT2D eigenvalue weighted by Gasteiger charge is 1.89. The van der Waals surface area contributed by atoms with E-state index in [2.05, 4.69) is 11.8 Å². The Labute approximate surface area is 42.8 Å². The molecule has 1 atom stereocenters. The molecule has 0 spiro atoms. The van der Waals surface area contributed by atoms with E-state index in [1.54, 1.807) is 6.92 Å². The first-order valence-corrected chi connectivity index (χ1v) is 2.02. The first-order chi connectivity index (χ1) is 3.31. The van der Waals surface area contributed by atoms with Crippen LogP contribution in [0.5, 0.6) is 0 Å². The van der Waals surface area contributed by atoms with Crippen LogP contribution < -0.4 is 0 Å². The van der Waals surface area contributed by atoms with Gasteiger partial charge in [0.25, 0.3) is 0 Å². The molecule has 0 aromatic carbocycles. The van der Waals surface area contributed by atoms with Gasteiger partial charge in [0.15, 0.2) is 0 Å². The summed E-state index contributed by atoms with van der Waals surface area (Å²) >= 11 is 0. The molecule has 0 fully saturated rings. The molecule has 0 aliphatic rings. The van der Waals surface area contributed by atoms with Gasteiger partial charge in [0.1, 0.15) is 6.10 Å². The van der Waals surface area contributed by atoms with Crippen LogP contribution in [-0.4, -0.2) is 22.9 Å². The minimum atomic E-state index is -0.856. The van der Waals surface area contributed by atoms with Crippen LogP contribution >= 0.6 is 0 Å². The zero-order valence-electron chi connectivity index (χ0n) is 4.18. The largest absolute Gasteiger partial charge is 0.393 e. The molecule has 7 heavy (non-hydrogen) atoms. The van der Waals surface area contributed by atoms with Crippen LogP contribution in [0.15, 0.2) is 0 Å². The molecule has 0 aliphatic carbocycles. The molecule has 0 amide bonds. The molecule has 2 nitrogen and oxygen atoms in total. The van der Waals surface area contributed by atoms with E-state index in [1.165, 1.54) is 0 Å². The molecule has 0 aromatic heterocycles. The second-order valence-corrected chi connectivity index (χ2v) is 1.09. The number of aliphatic hydroxyl groups excluding tert-OH is 2. The summed E-state index contributed by atoms with van der Waals surface area (Å²) in [5.41, 5.74) is 0. The lowest BCUT2D eigenvalue weighted by Gasteiger charge is -1.91. The zero-order chi connectivity index (χ0) is 5.70. The zero-order valence-corrected chi connectivity index (χ0v) is 4.18. The minimum Gasteiger partial charge on any atom is -0.393 e. The van der Waals surface area contributed by atoms with Crippen molar-refractivity contribution in [2.24, 2.45) is 0 Å². The van der Waals surface area contributed by atoms with Gasteiger partial charge >= 0.3 is 0 Å². The third-order valence-corrected chi connectivity index (χ3v) is 0.484. The average Bonchev–Trinajstić information content (AvgIpc) is 1.68. The summed E-state index contributed by atoms with van der Waals surface area (Å²) in [5, 5.41) is 16.5. The molecular weight excluding hydrogens is 92.1 g/mol. The smallest absolute Gasteiger partial charge is 0.137 e. The van der Waals surface area contributed by atoms with Gasteiger partial charge in [-0.25, -0.2) is 0 Å². The maximum atomic E-state index is 8.43. The van der Waals surface area contributed by atoms with E-state index in [0.717, 1.165) is 0 Å². The molecule has 0 saturated heterocycles. The van der Waals surface area contributed by atoms with Gasteiger partial charge in [-0.1, -0.05) is 5.92 Å². The molecule has 40 valence electrons. The van der Waals surface area contributed by atoms with E-state index >= 15 is 0 Å². The summed E-state index contributed by atoms with van der Waals surface area (Å²) in [4.78, 5) is 0. The van der Waals surface area contributed by atoms with Gasteiger partial charge in [0.05, 0.1) is 6.61 Å². The van der Waals surface area contributed by atoms with Crippen LogP contribution in [0.1, 0.15) is 6.92 Å². The first-order valence-electron chi connectivity index (χ1n) is 2.02. The maximum Gasteiger partial charge on any atom is 0.137 e. The van der Waals surface area contributed by atoms with E-state index in [-0.39, 0.29) is 6.61 Å². The molecule has 0 heterocycles. The van der Waals surface area contributed by atoms with Crippen LogP contribution in [-0.2, 0) is 0 Å². The molecule has 0 aliphatic heterocycles. The highest BCUT2D eigenvalue weighted by molar-refractivity contribution is 5.01. The molecule has 0 aromatic rings. The highest BCUT2D eigenvalue weighted by atomic mass is 16.3. The summed E-state index contributed by atoms with van der Waals surface area (Å²) in [6.45, 7) is 1.33. The lowest BCUT2D eigenvalue weighted by molar-refractivity contribution is 0.138. The molecule has 2 heteroatoms. The van der Waals surface area contributed by atoms with Gasteiger partial charge in [-0.15, -0.1) is 5.92 Å². The fourth-order valence-electron chi connectivity index (χ4n) is 0.212. The number of hydrogen-bond acceptors (Lipinski definition) is 2. The first kappa shape index (κ1) is 6.48. The average molecular weight is 100 g/mol. The molecule has 2 N–H and O–H groups in total. The Bertz CT molecular complexity index is 88.0. The molecule has 1 unspecified atom stereocenters. The van der Waals surface area contributed by atoms with Crippen LogP contribution in [0.4, 0.5) is 0 Å². The van der Waals surface area contributed by atoms with Crippen LogP contribution in [0, 0.1) is 11.8 Å². The Morgan fingerprint density at radius 3 is 2.43 bits per heavy atom. The monoisotopic (exact) mass is 100 g/mol. The van der Waals surface area contributed by atoms with Crippen molar-refractivity contribution in [1.82, 2.24) is 0 Å². The second-order valence-electron chi connectivity index (χ2n) is 1.09. The van der Waals surface area contributed by atoms with Gasteiger partial charge < -0.3 is 10.2 Å². The molecule has 0 radical (unpaired) electrons. The SMILES string of the molecule is CC#CC(O)CO. The van der Waals surface area contributed by atoms with E-state index in [1.807, 2.05) is 0 Å². The van der Waals surface area contributed by atoms with Crippen molar-refractivity contribution in [3.63, 3.8) is 0 Å². The van der Waals surface area contributed by atoms with Gasteiger partial charge in [-0.2, -0.15) is 0 Å². The normalized spacial score (nSPS) is 11.9. The fourth-order valence-corrected chi connectivity index (χ4v) is 0.212. The van der Waals surface area contributed by atoms with Gasteiger partial charge in [0.2, 0.25) is 0 Å². The predicted molar refractivity (Wildman–Crippen MR) is 26.5 cm³/mol. The van der Waals surface area contributed by atoms with Gasteiger partial charge in [-0.05, 0) is 6.92 Å². The van der Waals surface area contributed by atoms with E-state index < -0.39 is 6.10 Å². The van der Waals surface area contributed by atoms with Crippen LogP contribution in [0.3, 0.4) is 0 Å². The second kappa shape index (κ2) is 3.66. The van der Waals surface area contributed by atoms with Crippen molar-refractivity contribution in [3.8, 4) is 11.8 Å². The van der Waals surface area contributed by atoms with Crippen LogP contribution in [0.2, 0.25) is 0 Å². The third kappa shape index (κ3) is 3.31. The van der Waals surface area contributed by atoms with E-state index in [0.29, 0.717) is 0 Å². The Morgan fingerprint density at radius 2 is 2.29 bits per heavy atom. The van der Waals surface area contributed by atoms with E-state index in [4.69, 9.17) is 10.2 Å². The lowest BCUT2D eigenvalue weighted by atomic mass is 10.4. The maximum absolute atomic E-state index is 8.43. The van der Waals surface area contributed by atoms with Crippen molar-refractivity contribution in [3.05, 3.63) is 0 Å². The Hall–Kier alpha value is -0.520. The Kier molecular flexibility index (Phi) is 3.39. The van der Waals surface area contributed by atoms with Crippen molar-refractivity contribution in [2.75, 3.05) is 6.61 Å². The third-order valence-electron chi connectivity index (χ3n) is 0.484. The van der Waals surface area contributed by atoms with Crippen LogP contribution in [0.25, 0.3) is 0 Å². The van der Waals surface area contributed by atoms with Crippen molar-refractivity contribution in [1.29, 1.82) is 0 Å². The quantitative estimate of drug-likeness (QED) is 0.430. The van der Waals surface area contributed by atoms with Gasteiger partial charge in [-0.3, -0.25) is 0 Å². The summed E-state index contributed by atoms with van der Waals surface area (Å²) in [5.74, 6) is 4.81. The number of hydrogen-bond donors (Lipinski definition) is 2.